The number of carbonyl (C=O) groups excluding carboxylic acids is 1. The molecule has 17 heteroatoms. The molecule has 17 nitrogen and oxygen atoms in total. The van der Waals surface area contributed by atoms with Gasteiger partial charge in [0.05, 0.1) is 32.0 Å². The fourth-order valence-corrected chi connectivity index (χ4v) is 5.97. The highest BCUT2D eigenvalue weighted by molar-refractivity contribution is 5.87. The number of phenolic OH excluding ortho intramolecular Hbond substituents is 1. The largest absolute Gasteiger partial charge is 0.508 e. The monoisotopic (exact) mass is 670 g/mol. The molecular weight excluding hydrogens is 632 g/mol. The van der Waals surface area contributed by atoms with Gasteiger partial charge in [0.2, 0.25) is 6.29 Å². The van der Waals surface area contributed by atoms with Crippen molar-refractivity contribution in [2.75, 3.05) is 19.8 Å². The summed E-state index contributed by atoms with van der Waals surface area (Å²) in [5.74, 6) is -2.22. The predicted octanol–water partition coefficient (Wildman–Crippen LogP) is -3.89. The first-order chi connectivity index (χ1) is 22.4. The van der Waals surface area contributed by atoms with Crippen LogP contribution in [0, 0.1) is 5.92 Å². The van der Waals surface area contributed by atoms with Crippen molar-refractivity contribution in [3.05, 3.63) is 59.9 Å². The Kier molecular flexibility index (Phi) is 11.0. The number of aliphatic hydroxyl groups excluding tert-OH is 9. The van der Waals surface area contributed by atoms with Gasteiger partial charge in [-0.2, -0.15) is 0 Å². The highest BCUT2D eigenvalue weighted by atomic mass is 16.8. The number of fused-ring (bicyclic) bond motifs is 1. The van der Waals surface area contributed by atoms with E-state index in [4.69, 9.17) is 28.4 Å². The van der Waals surface area contributed by atoms with Crippen LogP contribution in [0.15, 0.2) is 54.3 Å². The zero-order valence-corrected chi connectivity index (χ0v) is 24.7. The summed E-state index contributed by atoms with van der Waals surface area (Å²) in [4.78, 5) is 12.7. The van der Waals surface area contributed by atoms with Gasteiger partial charge in [0.15, 0.2) is 18.7 Å². The average molecular weight is 671 g/mol. The Morgan fingerprint density at radius 2 is 1.49 bits per heavy atom. The van der Waals surface area contributed by atoms with Crippen LogP contribution in [0.4, 0.5) is 0 Å². The van der Waals surface area contributed by atoms with Gasteiger partial charge in [-0.05, 0) is 35.4 Å². The molecule has 260 valence electrons. The molecule has 14 atom stereocenters. The molecular formula is C30H38O17. The van der Waals surface area contributed by atoms with Gasteiger partial charge in [-0.3, -0.25) is 0 Å². The Labute approximate surface area is 267 Å². The minimum atomic E-state index is -1.93. The molecule has 0 radical (unpaired) electrons. The van der Waals surface area contributed by atoms with Crippen LogP contribution in [0.1, 0.15) is 5.56 Å². The molecule has 0 aromatic heterocycles. The lowest BCUT2D eigenvalue weighted by Gasteiger charge is -2.49. The second kappa shape index (κ2) is 14.6. The third-order valence-electron chi connectivity index (χ3n) is 8.53. The number of benzene rings is 1. The predicted molar refractivity (Wildman–Crippen MR) is 152 cm³/mol. The number of rotatable bonds is 10. The summed E-state index contributed by atoms with van der Waals surface area (Å²) >= 11 is 0. The minimum absolute atomic E-state index is 0.0146. The number of esters is 1. The third kappa shape index (κ3) is 6.94. The SMILES string of the molecule is O=C(/C=C\c1ccc(O)cc1)O[C@@H]1[C@@H](O)[C@H](O[C@]23C=CO[C@@H](O[C@@H]4O[C@H](CO)[C@@H](O)[C@H](O)[C@H]4O)[C@@H]2C(CO)=C[C@H]3O)O[C@H](CO)[C@H]1O. The second-order valence-corrected chi connectivity index (χ2v) is 11.5. The smallest absolute Gasteiger partial charge is 0.331 e. The molecule has 0 saturated carbocycles. The van der Waals surface area contributed by atoms with Crippen molar-refractivity contribution in [3.63, 3.8) is 0 Å². The molecule has 0 bridgehead atoms. The molecule has 0 spiro atoms. The van der Waals surface area contributed by atoms with Crippen LogP contribution in [-0.2, 0) is 33.2 Å². The molecule has 10 N–H and O–H groups in total. The average Bonchev–Trinajstić information content (AvgIpc) is 3.35. The summed E-state index contributed by atoms with van der Waals surface area (Å²) < 4.78 is 33.9. The summed E-state index contributed by atoms with van der Waals surface area (Å²) in [5, 5.41) is 103. The minimum Gasteiger partial charge on any atom is -0.508 e. The lowest BCUT2D eigenvalue weighted by atomic mass is 9.82. The summed E-state index contributed by atoms with van der Waals surface area (Å²) in [5.41, 5.74) is -1.29. The molecule has 1 aromatic rings. The van der Waals surface area contributed by atoms with Crippen LogP contribution in [0.5, 0.6) is 5.75 Å². The summed E-state index contributed by atoms with van der Waals surface area (Å²) in [6.45, 7) is -2.19. The maximum Gasteiger partial charge on any atom is 0.331 e. The highest BCUT2D eigenvalue weighted by Crippen LogP contribution is 2.48. The molecule has 2 saturated heterocycles. The number of carbonyl (C=O) groups is 1. The van der Waals surface area contributed by atoms with E-state index in [1.165, 1.54) is 42.5 Å². The van der Waals surface area contributed by atoms with Gasteiger partial charge >= 0.3 is 5.97 Å². The molecule has 0 amide bonds. The van der Waals surface area contributed by atoms with Crippen molar-refractivity contribution in [1.29, 1.82) is 0 Å². The normalized spacial score (nSPS) is 41.7. The first-order valence-electron chi connectivity index (χ1n) is 14.7. The summed E-state index contributed by atoms with van der Waals surface area (Å²) in [6, 6.07) is 5.85. The number of hydrogen-bond donors (Lipinski definition) is 10. The van der Waals surface area contributed by atoms with Gasteiger partial charge in [-0.15, -0.1) is 0 Å². The van der Waals surface area contributed by atoms with Crippen molar-refractivity contribution in [1.82, 2.24) is 0 Å². The fourth-order valence-electron chi connectivity index (χ4n) is 5.97. The number of aliphatic hydroxyl groups is 9. The molecule has 2 fully saturated rings. The standard InChI is InChI=1S/C30H38O17/c31-10-14-9-18(35)30(7-8-42-27(20(14)30)46-28-24(40)23(39)21(37)16(11-32)43-28)47-29-25(41)26(22(38)17(12-33)44-29)45-19(36)6-3-13-1-4-15(34)5-2-13/h1-9,16-18,20-29,31-35,37-41H,10-12H2/b6-3-/t16-,17-,18-,20+,21-,22-,23+,24-,25-,26+,27+,28+,29+,30+/m1/s1. The lowest BCUT2D eigenvalue weighted by Crippen LogP contribution is -2.64. The Hall–Kier alpha value is -3.01. The molecule has 4 aliphatic rings. The van der Waals surface area contributed by atoms with E-state index >= 15 is 0 Å². The number of hydrogen-bond acceptors (Lipinski definition) is 17. The van der Waals surface area contributed by atoms with Gasteiger partial charge in [-0.25, -0.2) is 4.79 Å². The van der Waals surface area contributed by atoms with Gasteiger partial charge in [-0.1, -0.05) is 18.2 Å². The van der Waals surface area contributed by atoms with Crippen LogP contribution < -0.4 is 0 Å². The zero-order valence-electron chi connectivity index (χ0n) is 24.7. The molecule has 1 aliphatic carbocycles. The van der Waals surface area contributed by atoms with Crippen LogP contribution in [0.25, 0.3) is 6.08 Å². The molecule has 3 heterocycles. The maximum atomic E-state index is 12.7. The fraction of sp³-hybridized carbons (Fsp3) is 0.567. The summed E-state index contributed by atoms with van der Waals surface area (Å²) in [6.07, 6.45) is -14.0. The van der Waals surface area contributed by atoms with E-state index in [1.54, 1.807) is 0 Å². The molecule has 1 aromatic carbocycles. The third-order valence-corrected chi connectivity index (χ3v) is 8.53. The first kappa shape index (κ1) is 35.3. The number of aromatic hydroxyl groups is 1. The zero-order chi connectivity index (χ0) is 34.0. The van der Waals surface area contributed by atoms with Crippen molar-refractivity contribution < 1.29 is 84.3 Å². The van der Waals surface area contributed by atoms with E-state index in [9.17, 15) is 55.9 Å². The molecule has 0 unspecified atom stereocenters. The van der Waals surface area contributed by atoms with Crippen LogP contribution in [-0.4, -0.2) is 156 Å². The van der Waals surface area contributed by atoms with Crippen molar-refractivity contribution in [3.8, 4) is 5.75 Å². The van der Waals surface area contributed by atoms with Gasteiger partial charge in [0.1, 0.15) is 60.2 Å². The van der Waals surface area contributed by atoms with E-state index in [1.807, 2.05) is 0 Å². The van der Waals surface area contributed by atoms with Gasteiger partial charge < -0.3 is 79.5 Å². The Morgan fingerprint density at radius 3 is 2.15 bits per heavy atom. The van der Waals surface area contributed by atoms with Crippen LogP contribution >= 0.6 is 0 Å². The van der Waals surface area contributed by atoms with Crippen LogP contribution in [0.3, 0.4) is 0 Å². The number of phenols is 1. The van der Waals surface area contributed by atoms with Crippen molar-refractivity contribution >= 4 is 12.0 Å². The molecule has 47 heavy (non-hydrogen) atoms. The summed E-state index contributed by atoms with van der Waals surface area (Å²) in [7, 11) is 0. The van der Waals surface area contributed by atoms with Crippen molar-refractivity contribution in [2.45, 2.75) is 79.4 Å². The Bertz CT molecular complexity index is 1320. The van der Waals surface area contributed by atoms with Crippen molar-refractivity contribution in [2.24, 2.45) is 5.92 Å². The van der Waals surface area contributed by atoms with Crippen LogP contribution in [0.2, 0.25) is 0 Å². The highest BCUT2D eigenvalue weighted by Gasteiger charge is 2.60. The lowest BCUT2D eigenvalue weighted by molar-refractivity contribution is -0.362. The quantitative estimate of drug-likeness (QED) is 0.0647. The van der Waals surface area contributed by atoms with Gasteiger partial charge in [0, 0.05) is 6.08 Å². The number of ether oxygens (including phenoxy) is 6. The van der Waals surface area contributed by atoms with E-state index in [0.29, 0.717) is 5.56 Å². The van der Waals surface area contributed by atoms with Gasteiger partial charge in [0.25, 0.3) is 0 Å². The Morgan fingerprint density at radius 1 is 0.830 bits per heavy atom. The molecule has 3 aliphatic heterocycles. The maximum absolute atomic E-state index is 12.7. The Balaban J connectivity index is 1.37. The van der Waals surface area contributed by atoms with E-state index in [2.05, 4.69) is 0 Å². The second-order valence-electron chi connectivity index (χ2n) is 11.5. The van der Waals surface area contributed by atoms with E-state index in [-0.39, 0.29) is 11.3 Å². The molecule has 5 rings (SSSR count). The topological polar surface area (TPSA) is 275 Å². The van der Waals surface area contributed by atoms with E-state index in [0.717, 1.165) is 12.3 Å². The first-order valence-corrected chi connectivity index (χ1v) is 14.7. The van der Waals surface area contributed by atoms with E-state index < -0.39 is 111 Å².